The normalized spacial score (nSPS) is 12.8. The quantitative estimate of drug-likeness (QED) is 0.689. The van der Waals surface area contributed by atoms with Gasteiger partial charge in [-0.25, -0.2) is 13.2 Å². The number of rotatable bonds is 2. The van der Waals surface area contributed by atoms with Crippen LogP contribution in [0.3, 0.4) is 0 Å². The summed E-state index contributed by atoms with van der Waals surface area (Å²) in [6, 6.07) is 8.54. The van der Waals surface area contributed by atoms with Crippen LogP contribution in [-0.4, -0.2) is 10.1 Å². The minimum Gasteiger partial charge on any atom is -0.384 e. The molecular formula is C15H10F3NO. The number of aliphatic hydroxyl groups is 1. The third-order valence-corrected chi connectivity index (χ3v) is 3.25. The van der Waals surface area contributed by atoms with Gasteiger partial charge in [-0.2, -0.15) is 0 Å². The number of hydrogen-bond donors (Lipinski definition) is 2. The molecule has 1 unspecified atom stereocenters. The molecule has 0 saturated heterocycles. The molecule has 2 aromatic carbocycles. The van der Waals surface area contributed by atoms with Crippen LogP contribution in [0.2, 0.25) is 0 Å². The van der Waals surface area contributed by atoms with Crippen LogP contribution in [-0.2, 0) is 0 Å². The summed E-state index contributed by atoms with van der Waals surface area (Å²) in [6.07, 6.45) is 0.464. The van der Waals surface area contributed by atoms with Crippen molar-refractivity contribution in [2.45, 2.75) is 6.10 Å². The number of nitrogens with one attached hydrogen (secondary N) is 1. The molecule has 0 spiro atoms. The highest BCUT2D eigenvalue weighted by Gasteiger charge is 2.18. The lowest BCUT2D eigenvalue weighted by molar-refractivity contribution is 0.220. The van der Waals surface area contributed by atoms with Crippen LogP contribution in [0.4, 0.5) is 13.2 Å². The molecule has 20 heavy (non-hydrogen) atoms. The molecule has 0 bridgehead atoms. The van der Waals surface area contributed by atoms with E-state index in [4.69, 9.17) is 0 Å². The summed E-state index contributed by atoms with van der Waals surface area (Å²) < 4.78 is 39.4. The largest absolute Gasteiger partial charge is 0.384 e. The molecule has 1 atom stereocenters. The molecule has 5 heteroatoms. The summed E-state index contributed by atoms with van der Waals surface area (Å²) in [7, 11) is 0. The van der Waals surface area contributed by atoms with E-state index in [1.165, 1.54) is 0 Å². The molecule has 0 aliphatic heterocycles. The van der Waals surface area contributed by atoms with Crippen molar-refractivity contribution in [1.29, 1.82) is 0 Å². The number of aromatic nitrogens is 1. The summed E-state index contributed by atoms with van der Waals surface area (Å²) >= 11 is 0. The van der Waals surface area contributed by atoms with E-state index in [0.717, 1.165) is 23.0 Å². The van der Waals surface area contributed by atoms with Gasteiger partial charge in [-0.15, -0.1) is 0 Å². The monoisotopic (exact) mass is 277 g/mol. The summed E-state index contributed by atoms with van der Waals surface area (Å²) in [5, 5.41) is 11.0. The fraction of sp³-hybridized carbons (Fsp3) is 0.0667. The molecule has 0 aliphatic carbocycles. The fourth-order valence-corrected chi connectivity index (χ4v) is 2.26. The van der Waals surface area contributed by atoms with E-state index < -0.39 is 23.6 Å². The predicted molar refractivity (Wildman–Crippen MR) is 68.7 cm³/mol. The number of H-pyrrole nitrogens is 1. The number of fused-ring (bicyclic) bond motifs is 1. The van der Waals surface area contributed by atoms with Crippen LogP contribution in [0.15, 0.2) is 42.6 Å². The first-order valence-corrected chi connectivity index (χ1v) is 5.96. The van der Waals surface area contributed by atoms with Gasteiger partial charge in [0.15, 0.2) is 17.5 Å². The second-order valence-corrected chi connectivity index (χ2v) is 4.49. The second kappa shape index (κ2) is 4.68. The van der Waals surface area contributed by atoms with Gasteiger partial charge in [0.1, 0.15) is 6.10 Å². The van der Waals surface area contributed by atoms with Gasteiger partial charge in [0, 0.05) is 17.1 Å². The fourth-order valence-electron chi connectivity index (χ4n) is 2.26. The van der Waals surface area contributed by atoms with Gasteiger partial charge in [0.25, 0.3) is 0 Å². The number of benzene rings is 2. The number of hydrogen-bond acceptors (Lipinski definition) is 1. The lowest BCUT2D eigenvalue weighted by atomic mass is 9.98. The van der Waals surface area contributed by atoms with E-state index in [2.05, 4.69) is 4.98 Å². The maximum atomic E-state index is 13.2. The van der Waals surface area contributed by atoms with Crippen LogP contribution >= 0.6 is 0 Å². The molecule has 0 amide bonds. The Balaban J connectivity index is 2.13. The lowest BCUT2D eigenvalue weighted by Crippen LogP contribution is -2.03. The van der Waals surface area contributed by atoms with Crippen LogP contribution in [0, 0.1) is 17.5 Å². The van der Waals surface area contributed by atoms with Crippen molar-refractivity contribution < 1.29 is 18.3 Å². The molecule has 0 aliphatic rings. The standard InChI is InChI=1S/C15H10F3NO/c16-11-6-8(7-12(17)14(11)18)15(20)10-2-1-3-13-9(10)4-5-19-13/h1-7,15,19-20H. The number of aliphatic hydroxyl groups excluding tert-OH is 1. The average Bonchev–Trinajstić information content (AvgIpc) is 2.91. The summed E-state index contributed by atoms with van der Waals surface area (Å²) in [5.41, 5.74) is 1.26. The Hall–Kier alpha value is -2.27. The van der Waals surface area contributed by atoms with Crippen molar-refractivity contribution >= 4 is 10.9 Å². The molecule has 1 aromatic heterocycles. The highest BCUT2D eigenvalue weighted by atomic mass is 19.2. The van der Waals surface area contributed by atoms with E-state index in [9.17, 15) is 18.3 Å². The summed E-state index contributed by atoms with van der Waals surface area (Å²) in [6.45, 7) is 0. The van der Waals surface area contributed by atoms with Crippen molar-refractivity contribution in [2.24, 2.45) is 0 Å². The predicted octanol–water partition coefficient (Wildman–Crippen LogP) is 3.67. The van der Waals surface area contributed by atoms with Gasteiger partial charge < -0.3 is 10.1 Å². The topological polar surface area (TPSA) is 36.0 Å². The number of halogens is 3. The number of aromatic amines is 1. The van der Waals surface area contributed by atoms with Crippen molar-refractivity contribution in [2.75, 3.05) is 0 Å². The van der Waals surface area contributed by atoms with Crippen molar-refractivity contribution in [3.63, 3.8) is 0 Å². The van der Waals surface area contributed by atoms with E-state index in [-0.39, 0.29) is 5.56 Å². The van der Waals surface area contributed by atoms with Crippen molar-refractivity contribution in [3.8, 4) is 0 Å². The molecule has 102 valence electrons. The van der Waals surface area contributed by atoms with E-state index in [1.54, 1.807) is 24.4 Å². The zero-order valence-electron chi connectivity index (χ0n) is 10.2. The second-order valence-electron chi connectivity index (χ2n) is 4.49. The Labute approximate surface area is 112 Å². The lowest BCUT2D eigenvalue weighted by Gasteiger charge is -2.13. The zero-order valence-corrected chi connectivity index (χ0v) is 10.2. The Morgan fingerprint density at radius 2 is 1.70 bits per heavy atom. The SMILES string of the molecule is OC(c1cc(F)c(F)c(F)c1)c1cccc2[nH]ccc12. The van der Waals surface area contributed by atoms with Crippen molar-refractivity contribution in [3.05, 3.63) is 71.2 Å². The first-order chi connectivity index (χ1) is 9.58. The van der Waals surface area contributed by atoms with E-state index in [0.29, 0.717) is 5.56 Å². The maximum absolute atomic E-state index is 13.2. The molecule has 3 rings (SSSR count). The Morgan fingerprint density at radius 3 is 2.40 bits per heavy atom. The van der Waals surface area contributed by atoms with Crippen LogP contribution < -0.4 is 0 Å². The Bertz CT molecular complexity index is 759. The smallest absolute Gasteiger partial charge is 0.194 e. The molecule has 2 nitrogen and oxygen atoms in total. The third-order valence-electron chi connectivity index (χ3n) is 3.25. The van der Waals surface area contributed by atoms with Gasteiger partial charge >= 0.3 is 0 Å². The Morgan fingerprint density at radius 1 is 1.00 bits per heavy atom. The highest BCUT2D eigenvalue weighted by Crippen LogP contribution is 2.29. The molecule has 1 heterocycles. The minimum absolute atomic E-state index is 0.0323. The molecule has 3 aromatic rings. The van der Waals surface area contributed by atoms with E-state index >= 15 is 0 Å². The van der Waals surface area contributed by atoms with Gasteiger partial charge in [0.05, 0.1) is 0 Å². The van der Waals surface area contributed by atoms with Gasteiger partial charge in [-0.05, 0) is 35.4 Å². The summed E-state index contributed by atoms with van der Waals surface area (Å²) in [4.78, 5) is 2.98. The van der Waals surface area contributed by atoms with Crippen LogP contribution in [0.1, 0.15) is 17.2 Å². The average molecular weight is 277 g/mol. The minimum atomic E-state index is -1.54. The molecular weight excluding hydrogens is 267 g/mol. The highest BCUT2D eigenvalue weighted by molar-refractivity contribution is 5.83. The zero-order chi connectivity index (χ0) is 14.3. The molecule has 0 saturated carbocycles. The van der Waals surface area contributed by atoms with Gasteiger partial charge in [-0.1, -0.05) is 12.1 Å². The van der Waals surface area contributed by atoms with Crippen LogP contribution in [0.25, 0.3) is 10.9 Å². The molecule has 0 radical (unpaired) electrons. The maximum Gasteiger partial charge on any atom is 0.194 e. The van der Waals surface area contributed by atoms with Gasteiger partial charge in [-0.3, -0.25) is 0 Å². The van der Waals surface area contributed by atoms with Gasteiger partial charge in [0.2, 0.25) is 0 Å². The first-order valence-electron chi connectivity index (χ1n) is 5.96. The third kappa shape index (κ3) is 1.96. The first kappa shape index (κ1) is 12.7. The van der Waals surface area contributed by atoms with E-state index in [1.807, 2.05) is 6.07 Å². The molecule has 0 fully saturated rings. The van der Waals surface area contributed by atoms with Crippen molar-refractivity contribution in [1.82, 2.24) is 4.98 Å². The summed E-state index contributed by atoms with van der Waals surface area (Å²) in [5.74, 6) is -4.18. The molecule has 2 N–H and O–H groups in total. The van der Waals surface area contributed by atoms with Crippen LogP contribution in [0.5, 0.6) is 0 Å². The Kier molecular flexibility index (Phi) is 2.99.